The number of unbranched alkanes of at least 4 members (excludes halogenated alkanes) is 1. The number of fused-ring (bicyclic) bond motifs is 2. The normalized spacial score (nSPS) is 12.1. The Balaban J connectivity index is 2.09. The van der Waals surface area contributed by atoms with E-state index >= 15 is 0 Å². The number of anilines is 2. The third-order valence-corrected chi connectivity index (χ3v) is 6.06. The number of benzene rings is 2. The quantitative estimate of drug-likeness (QED) is 0.512. The summed E-state index contributed by atoms with van der Waals surface area (Å²) >= 11 is 1.60. The van der Waals surface area contributed by atoms with Crippen LogP contribution in [0.15, 0.2) is 40.1 Å². The molecule has 0 spiro atoms. The first kappa shape index (κ1) is 22.0. The van der Waals surface area contributed by atoms with Crippen molar-refractivity contribution in [3.05, 3.63) is 41.5 Å². The first-order chi connectivity index (χ1) is 14.7. The number of para-hydroxylation sites is 1. The van der Waals surface area contributed by atoms with E-state index in [1.807, 2.05) is 12.1 Å². The minimum atomic E-state index is -0.392. The van der Waals surface area contributed by atoms with Crippen LogP contribution in [0.2, 0.25) is 0 Å². The van der Waals surface area contributed by atoms with Gasteiger partial charge in [0.15, 0.2) is 12.0 Å². The summed E-state index contributed by atoms with van der Waals surface area (Å²) in [6.07, 6.45) is 2.15. The second-order valence-corrected chi connectivity index (χ2v) is 7.90. The van der Waals surface area contributed by atoms with Gasteiger partial charge in [0.1, 0.15) is 17.7 Å². The van der Waals surface area contributed by atoms with E-state index in [-0.39, 0.29) is 5.56 Å². The summed E-state index contributed by atoms with van der Waals surface area (Å²) in [4.78, 5) is 4.26. The lowest BCUT2D eigenvalue weighted by molar-refractivity contribution is -0.110. The van der Waals surface area contributed by atoms with Gasteiger partial charge in [0.05, 0.1) is 23.5 Å². The maximum absolute atomic E-state index is 9.83. The average molecular weight is 424 g/mol. The van der Waals surface area contributed by atoms with Crippen LogP contribution < -0.4 is 9.64 Å². The molecule has 0 unspecified atom stereocenters. The first-order valence-corrected chi connectivity index (χ1v) is 10.7. The number of rotatable bonds is 9. The standard InChI is InChI=1S/C23H25N3O3S/c1-4-5-11-26-18-8-6-7-9-19(18)30-20-13-16(14-24)17(15-25)23(22(20)26)29-12-10-21(27-2)28-3/h6-9,13,21H,4-5,10-12H2,1-3H3. The molecule has 0 radical (unpaired) electrons. The van der Waals surface area contributed by atoms with Crippen molar-refractivity contribution in [1.82, 2.24) is 0 Å². The van der Waals surface area contributed by atoms with E-state index in [0.717, 1.165) is 40.6 Å². The van der Waals surface area contributed by atoms with Crippen molar-refractivity contribution in [3.8, 4) is 17.9 Å². The predicted octanol–water partition coefficient (Wildman–Crippen LogP) is 5.22. The Labute approximate surface area is 182 Å². The lowest BCUT2D eigenvalue weighted by Gasteiger charge is -2.34. The molecule has 2 aromatic rings. The van der Waals surface area contributed by atoms with E-state index in [1.165, 1.54) is 0 Å². The SMILES string of the molecule is CCCCN1c2ccccc2Sc2cc(C#N)c(C#N)c(OCCC(OC)OC)c21. The van der Waals surface area contributed by atoms with Gasteiger partial charge in [-0.15, -0.1) is 0 Å². The van der Waals surface area contributed by atoms with Gasteiger partial charge in [0, 0.05) is 37.0 Å². The maximum Gasteiger partial charge on any atom is 0.163 e. The molecule has 0 N–H and O–H groups in total. The van der Waals surface area contributed by atoms with E-state index in [1.54, 1.807) is 32.0 Å². The molecule has 156 valence electrons. The number of ether oxygens (including phenoxy) is 3. The van der Waals surface area contributed by atoms with E-state index in [0.29, 0.717) is 24.3 Å². The molecule has 0 bridgehead atoms. The van der Waals surface area contributed by atoms with Crippen molar-refractivity contribution in [2.75, 3.05) is 32.3 Å². The van der Waals surface area contributed by atoms with Gasteiger partial charge in [0.2, 0.25) is 0 Å². The summed E-state index contributed by atoms with van der Waals surface area (Å²) in [7, 11) is 3.15. The molecule has 0 atom stereocenters. The predicted molar refractivity (Wildman–Crippen MR) is 116 cm³/mol. The Morgan fingerprint density at radius 1 is 1.10 bits per heavy atom. The summed E-state index contributed by atoms with van der Waals surface area (Å²) in [6.45, 7) is 3.25. The van der Waals surface area contributed by atoms with Gasteiger partial charge < -0.3 is 19.1 Å². The van der Waals surface area contributed by atoms with Crippen LogP contribution in [0, 0.1) is 22.7 Å². The molecule has 6 nitrogen and oxygen atoms in total. The van der Waals surface area contributed by atoms with Crippen molar-refractivity contribution in [3.63, 3.8) is 0 Å². The molecule has 0 fully saturated rings. The highest BCUT2D eigenvalue weighted by Crippen LogP contribution is 2.53. The third-order valence-electron chi connectivity index (χ3n) is 4.96. The zero-order chi connectivity index (χ0) is 21.5. The van der Waals surface area contributed by atoms with Gasteiger partial charge in [-0.25, -0.2) is 0 Å². The highest BCUT2D eigenvalue weighted by Gasteiger charge is 2.30. The van der Waals surface area contributed by atoms with Crippen LogP contribution in [-0.4, -0.2) is 33.7 Å². The molecule has 0 saturated carbocycles. The average Bonchev–Trinajstić information content (AvgIpc) is 2.78. The van der Waals surface area contributed by atoms with E-state index in [2.05, 4.69) is 36.1 Å². The second kappa shape index (κ2) is 10.4. The van der Waals surface area contributed by atoms with Crippen molar-refractivity contribution in [1.29, 1.82) is 10.5 Å². The van der Waals surface area contributed by atoms with Crippen LogP contribution >= 0.6 is 11.8 Å². The zero-order valence-corrected chi connectivity index (χ0v) is 18.3. The molecule has 2 aromatic carbocycles. The topological polar surface area (TPSA) is 78.5 Å². The maximum atomic E-state index is 9.83. The highest BCUT2D eigenvalue weighted by molar-refractivity contribution is 7.99. The van der Waals surface area contributed by atoms with Crippen molar-refractivity contribution < 1.29 is 14.2 Å². The highest BCUT2D eigenvalue weighted by atomic mass is 32.2. The summed E-state index contributed by atoms with van der Waals surface area (Å²) in [6, 6.07) is 14.3. The van der Waals surface area contributed by atoms with E-state index in [9.17, 15) is 10.5 Å². The lowest BCUT2D eigenvalue weighted by atomic mass is 10.0. The molecule has 0 aromatic heterocycles. The molecule has 1 heterocycles. The lowest BCUT2D eigenvalue weighted by Crippen LogP contribution is -2.24. The molecular weight excluding hydrogens is 398 g/mol. The van der Waals surface area contributed by atoms with Crippen molar-refractivity contribution in [2.45, 2.75) is 42.3 Å². The minimum Gasteiger partial charge on any atom is -0.490 e. The van der Waals surface area contributed by atoms with Gasteiger partial charge in [-0.1, -0.05) is 37.2 Å². The Morgan fingerprint density at radius 2 is 1.87 bits per heavy atom. The van der Waals surface area contributed by atoms with Gasteiger partial charge in [0.25, 0.3) is 0 Å². The van der Waals surface area contributed by atoms with Crippen LogP contribution in [0.3, 0.4) is 0 Å². The monoisotopic (exact) mass is 423 g/mol. The Hall–Kier alpha value is -2.71. The number of hydrogen-bond donors (Lipinski definition) is 0. The Kier molecular flexibility index (Phi) is 7.59. The van der Waals surface area contributed by atoms with Gasteiger partial charge in [-0.2, -0.15) is 10.5 Å². The molecular formula is C23H25N3O3S. The second-order valence-electron chi connectivity index (χ2n) is 6.81. The Morgan fingerprint density at radius 3 is 2.53 bits per heavy atom. The first-order valence-electron chi connectivity index (χ1n) is 9.92. The van der Waals surface area contributed by atoms with Gasteiger partial charge >= 0.3 is 0 Å². The molecule has 1 aliphatic rings. The van der Waals surface area contributed by atoms with Gasteiger partial charge in [-0.05, 0) is 24.6 Å². The molecule has 1 aliphatic heterocycles. The number of hydrogen-bond acceptors (Lipinski definition) is 7. The van der Waals surface area contributed by atoms with Crippen LogP contribution in [-0.2, 0) is 9.47 Å². The largest absolute Gasteiger partial charge is 0.490 e. The summed E-state index contributed by atoms with van der Waals surface area (Å²) in [5, 5.41) is 19.5. The van der Waals surface area contributed by atoms with Crippen molar-refractivity contribution >= 4 is 23.1 Å². The fourth-order valence-corrected chi connectivity index (χ4v) is 4.58. The fourth-order valence-electron chi connectivity index (χ4n) is 3.44. The summed E-state index contributed by atoms with van der Waals surface area (Å²) in [5.41, 5.74) is 2.54. The fraction of sp³-hybridized carbons (Fsp3) is 0.391. The van der Waals surface area contributed by atoms with Crippen molar-refractivity contribution in [2.24, 2.45) is 0 Å². The molecule has 3 rings (SSSR count). The van der Waals surface area contributed by atoms with E-state index < -0.39 is 6.29 Å². The molecule has 0 aliphatic carbocycles. The summed E-state index contributed by atoms with van der Waals surface area (Å²) in [5.74, 6) is 0.454. The molecule has 7 heteroatoms. The van der Waals surface area contributed by atoms with Crippen LogP contribution in [0.5, 0.6) is 5.75 Å². The molecule has 0 saturated heterocycles. The van der Waals surface area contributed by atoms with Gasteiger partial charge in [-0.3, -0.25) is 0 Å². The van der Waals surface area contributed by atoms with Crippen LogP contribution in [0.4, 0.5) is 11.4 Å². The van der Waals surface area contributed by atoms with E-state index in [4.69, 9.17) is 14.2 Å². The number of nitriles is 2. The smallest absolute Gasteiger partial charge is 0.163 e. The zero-order valence-electron chi connectivity index (χ0n) is 17.5. The molecule has 30 heavy (non-hydrogen) atoms. The molecule has 0 amide bonds. The minimum absolute atomic E-state index is 0.268. The number of nitrogens with zero attached hydrogens (tertiary/aromatic N) is 3. The Bertz CT molecular complexity index is 977. The van der Waals surface area contributed by atoms with Crippen LogP contribution in [0.25, 0.3) is 0 Å². The van der Waals surface area contributed by atoms with Crippen LogP contribution in [0.1, 0.15) is 37.3 Å². The summed E-state index contributed by atoms with van der Waals surface area (Å²) < 4.78 is 16.6. The number of methoxy groups -OCH3 is 2. The third kappa shape index (κ3) is 4.39.